The fourth-order valence-corrected chi connectivity index (χ4v) is 1.35. The van der Waals surface area contributed by atoms with Crippen molar-refractivity contribution in [1.82, 2.24) is 0 Å². The fourth-order valence-electron chi connectivity index (χ4n) is 0.738. The van der Waals surface area contributed by atoms with Crippen LogP contribution in [0.2, 0.25) is 0 Å². The maximum Gasteiger partial charge on any atom is 0.356 e. The molecule has 0 heterocycles. The molecule has 0 saturated heterocycles. The van der Waals surface area contributed by atoms with Gasteiger partial charge in [-0.2, -0.15) is 0 Å². The molecule has 0 aliphatic heterocycles. The highest BCUT2D eigenvalue weighted by Gasteiger charge is 2.15. The van der Waals surface area contributed by atoms with Crippen molar-refractivity contribution in [2.24, 2.45) is 0 Å². The second kappa shape index (κ2) is 2.78. The first-order valence-corrected chi connectivity index (χ1v) is 4.59. The Morgan fingerprint density at radius 2 is 2.00 bits per heavy atom. The summed E-state index contributed by atoms with van der Waals surface area (Å²) in [6.07, 6.45) is 0. The molecule has 1 radical (unpaired) electrons. The molecule has 0 unspecified atom stereocenters. The lowest BCUT2D eigenvalue weighted by Crippen LogP contribution is -2.02. The van der Waals surface area contributed by atoms with Crippen LogP contribution in [0.1, 0.15) is 5.56 Å². The van der Waals surface area contributed by atoms with Crippen LogP contribution in [0, 0.1) is 6.92 Å². The molecular formula is C7H8O3P. The van der Waals surface area contributed by atoms with Gasteiger partial charge in [0, 0.05) is 0 Å². The summed E-state index contributed by atoms with van der Waals surface area (Å²) in [7, 11) is -4.09. The first kappa shape index (κ1) is 8.47. The highest BCUT2D eigenvalue weighted by atomic mass is 31.2. The zero-order valence-electron chi connectivity index (χ0n) is 5.77. The van der Waals surface area contributed by atoms with Crippen molar-refractivity contribution in [3.05, 3.63) is 36.8 Å². The van der Waals surface area contributed by atoms with Crippen LogP contribution in [0.5, 0.6) is 0 Å². The lowest BCUT2D eigenvalue weighted by Gasteiger charge is -2.03. The van der Waals surface area contributed by atoms with E-state index in [-0.39, 0.29) is 5.30 Å². The molecule has 0 aliphatic carbocycles. The molecule has 0 bridgehead atoms. The first-order valence-electron chi connectivity index (χ1n) is 2.98. The van der Waals surface area contributed by atoms with Gasteiger partial charge in [-0.05, 0) is 24.6 Å². The van der Waals surface area contributed by atoms with Crippen LogP contribution < -0.4 is 5.30 Å². The summed E-state index contributed by atoms with van der Waals surface area (Å²) in [6, 6.07) is 6.01. The van der Waals surface area contributed by atoms with Crippen LogP contribution in [0.3, 0.4) is 0 Å². The van der Waals surface area contributed by atoms with E-state index in [2.05, 4.69) is 6.92 Å². The Kier molecular flexibility index (Phi) is 2.14. The van der Waals surface area contributed by atoms with Gasteiger partial charge in [0.2, 0.25) is 0 Å². The van der Waals surface area contributed by atoms with Gasteiger partial charge in [-0.3, -0.25) is 4.57 Å². The Bertz CT molecular complexity index is 302. The standard InChI is InChI=1S/C7H8O3P/c1-6-3-2-4-7(5-6)11(8,9)10/h2-5H,1H2,(H2,8,9,10). The number of benzene rings is 1. The van der Waals surface area contributed by atoms with Crippen molar-refractivity contribution < 1.29 is 14.4 Å². The SMILES string of the molecule is [CH2]c1cccc(P(=O)(O)O)c1. The maximum atomic E-state index is 10.7. The molecule has 0 spiro atoms. The van der Waals surface area contributed by atoms with Crippen molar-refractivity contribution in [3.63, 3.8) is 0 Å². The van der Waals surface area contributed by atoms with Gasteiger partial charge in [-0.1, -0.05) is 12.1 Å². The van der Waals surface area contributed by atoms with E-state index in [9.17, 15) is 4.57 Å². The second-order valence-corrected chi connectivity index (χ2v) is 3.82. The third kappa shape index (κ3) is 2.15. The lowest BCUT2D eigenvalue weighted by atomic mass is 10.2. The molecule has 0 aromatic heterocycles. The van der Waals surface area contributed by atoms with E-state index < -0.39 is 7.60 Å². The summed E-state index contributed by atoms with van der Waals surface area (Å²) < 4.78 is 10.7. The Labute approximate surface area is 64.8 Å². The average molecular weight is 171 g/mol. The smallest absolute Gasteiger partial charge is 0.321 e. The van der Waals surface area contributed by atoms with E-state index in [1.807, 2.05) is 0 Å². The van der Waals surface area contributed by atoms with Gasteiger partial charge in [0.1, 0.15) is 0 Å². The van der Waals surface area contributed by atoms with Crippen LogP contribution in [-0.2, 0) is 4.57 Å². The Balaban J connectivity index is 3.17. The van der Waals surface area contributed by atoms with Crippen LogP contribution in [0.15, 0.2) is 24.3 Å². The monoisotopic (exact) mass is 171 g/mol. The van der Waals surface area contributed by atoms with Crippen LogP contribution >= 0.6 is 7.60 Å². The molecule has 1 aromatic carbocycles. The van der Waals surface area contributed by atoms with E-state index in [1.165, 1.54) is 12.1 Å². The Morgan fingerprint density at radius 1 is 1.36 bits per heavy atom. The second-order valence-electron chi connectivity index (χ2n) is 2.21. The van der Waals surface area contributed by atoms with Crippen molar-refractivity contribution in [2.75, 3.05) is 0 Å². The molecule has 1 rings (SSSR count). The Hall–Kier alpha value is -0.630. The highest BCUT2D eigenvalue weighted by molar-refractivity contribution is 7.60. The molecule has 2 N–H and O–H groups in total. The summed E-state index contributed by atoms with van der Waals surface area (Å²) in [5, 5.41) is 0.0185. The van der Waals surface area contributed by atoms with E-state index >= 15 is 0 Å². The van der Waals surface area contributed by atoms with Crippen molar-refractivity contribution in [1.29, 1.82) is 0 Å². The Morgan fingerprint density at radius 3 is 2.36 bits per heavy atom. The predicted octanol–water partition coefficient (Wildman–Crippen LogP) is 0.672. The summed E-state index contributed by atoms with van der Waals surface area (Å²) in [5.74, 6) is 0. The summed E-state index contributed by atoms with van der Waals surface area (Å²) in [6.45, 7) is 3.55. The summed E-state index contributed by atoms with van der Waals surface area (Å²) in [5.41, 5.74) is 0.603. The average Bonchev–Trinajstić information content (AvgIpc) is 1.86. The van der Waals surface area contributed by atoms with Gasteiger partial charge in [-0.25, -0.2) is 0 Å². The van der Waals surface area contributed by atoms with E-state index in [0.29, 0.717) is 5.56 Å². The molecule has 0 aliphatic rings. The largest absolute Gasteiger partial charge is 0.356 e. The van der Waals surface area contributed by atoms with E-state index in [4.69, 9.17) is 9.79 Å². The first-order chi connectivity index (χ1) is 5.00. The van der Waals surface area contributed by atoms with Crippen molar-refractivity contribution >= 4 is 12.9 Å². The van der Waals surface area contributed by atoms with Crippen molar-refractivity contribution in [2.45, 2.75) is 0 Å². The van der Waals surface area contributed by atoms with Gasteiger partial charge in [0.25, 0.3) is 0 Å². The number of hydrogen-bond acceptors (Lipinski definition) is 1. The van der Waals surface area contributed by atoms with Gasteiger partial charge in [0.05, 0.1) is 5.30 Å². The molecular weight excluding hydrogens is 163 g/mol. The zero-order chi connectivity index (χ0) is 8.48. The summed E-state index contributed by atoms with van der Waals surface area (Å²) in [4.78, 5) is 17.4. The molecule has 4 heteroatoms. The van der Waals surface area contributed by atoms with E-state index in [1.54, 1.807) is 12.1 Å². The molecule has 0 fully saturated rings. The fraction of sp³-hybridized carbons (Fsp3) is 0. The highest BCUT2D eigenvalue weighted by Crippen LogP contribution is 2.32. The summed E-state index contributed by atoms with van der Waals surface area (Å²) >= 11 is 0. The molecule has 0 atom stereocenters. The lowest BCUT2D eigenvalue weighted by molar-refractivity contribution is 0.387. The molecule has 1 aromatic rings. The third-order valence-corrected chi connectivity index (χ3v) is 2.20. The minimum absolute atomic E-state index is 0.0185. The minimum atomic E-state index is -4.09. The maximum absolute atomic E-state index is 10.7. The van der Waals surface area contributed by atoms with E-state index in [0.717, 1.165) is 0 Å². The number of rotatable bonds is 1. The zero-order valence-corrected chi connectivity index (χ0v) is 6.66. The normalized spacial score (nSPS) is 11.5. The molecule has 0 saturated carbocycles. The quantitative estimate of drug-likeness (QED) is 0.610. The van der Waals surface area contributed by atoms with Gasteiger partial charge >= 0.3 is 7.60 Å². The van der Waals surface area contributed by atoms with Gasteiger partial charge in [-0.15, -0.1) is 0 Å². The van der Waals surface area contributed by atoms with Crippen molar-refractivity contribution in [3.8, 4) is 0 Å². The molecule has 11 heavy (non-hydrogen) atoms. The van der Waals surface area contributed by atoms with Crippen LogP contribution in [-0.4, -0.2) is 9.79 Å². The molecule has 59 valence electrons. The third-order valence-electron chi connectivity index (χ3n) is 1.25. The van der Waals surface area contributed by atoms with Crippen LogP contribution in [0.25, 0.3) is 0 Å². The van der Waals surface area contributed by atoms with Gasteiger partial charge in [0.15, 0.2) is 0 Å². The number of hydrogen-bond donors (Lipinski definition) is 2. The molecule has 3 nitrogen and oxygen atoms in total. The predicted molar refractivity (Wildman–Crippen MR) is 42.6 cm³/mol. The topological polar surface area (TPSA) is 57.5 Å². The van der Waals surface area contributed by atoms with Crippen LogP contribution in [0.4, 0.5) is 0 Å². The minimum Gasteiger partial charge on any atom is -0.321 e. The molecule has 0 amide bonds. The van der Waals surface area contributed by atoms with Gasteiger partial charge < -0.3 is 9.79 Å².